The number of morpholine rings is 1. The zero-order valence-electron chi connectivity index (χ0n) is 18.9. The summed E-state index contributed by atoms with van der Waals surface area (Å²) in [6.07, 6.45) is 4.35. The summed E-state index contributed by atoms with van der Waals surface area (Å²) in [4.78, 5) is 10.9. The van der Waals surface area contributed by atoms with Crippen LogP contribution in [0.2, 0.25) is 0 Å². The highest BCUT2D eigenvalue weighted by Crippen LogP contribution is 2.35. The molecule has 9 nitrogen and oxygen atoms in total. The number of anilines is 2. The van der Waals surface area contributed by atoms with Gasteiger partial charge < -0.3 is 14.4 Å². The Hall–Kier alpha value is -3.42. The van der Waals surface area contributed by atoms with E-state index in [1.165, 1.54) is 7.11 Å². The minimum atomic E-state index is -3.52. The number of ether oxygens (including phenoxy) is 2. The number of fused-ring (bicyclic) bond motifs is 1. The summed E-state index contributed by atoms with van der Waals surface area (Å²) in [7, 11) is -2.09. The highest BCUT2D eigenvalue weighted by Gasteiger charge is 2.26. The highest BCUT2D eigenvalue weighted by molar-refractivity contribution is 7.92. The maximum atomic E-state index is 11.8. The third kappa shape index (κ3) is 4.84. The molecule has 1 saturated heterocycles. The molecule has 1 unspecified atom stereocenters. The fourth-order valence-electron chi connectivity index (χ4n) is 4.19. The van der Waals surface area contributed by atoms with Crippen LogP contribution in [0.15, 0.2) is 36.7 Å². The molecule has 2 atom stereocenters. The van der Waals surface area contributed by atoms with Crippen molar-refractivity contribution in [2.45, 2.75) is 26.1 Å². The van der Waals surface area contributed by atoms with E-state index in [1.54, 1.807) is 18.5 Å². The third-order valence-electron chi connectivity index (χ3n) is 5.37. The summed E-state index contributed by atoms with van der Waals surface area (Å²) in [5, 5.41) is 10.6. The molecule has 1 N–H and O–H groups in total. The van der Waals surface area contributed by atoms with Gasteiger partial charge in [0.2, 0.25) is 15.9 Å². The van der Waals surface area contributed by atoms with E-state index in [9.17, 15) is 13.7 Å². The van der Waals surface area contributed by atoms with Gasteiger partial charge in [0, 0.05) is 36.4 Å². The van der Waals surface area contributed by atoms with Gasteiger partial charge in [-0.3, -0.25) is 9.71 Å². The van der Waals surface area contributed by atoms with E-state index in [2.05, 4.69) is 25.7 Å². The molecule has 33 heavy (non-hydrogen) atoms. The second-order valence-corrected chi connectivity index (χ2v) is 9.93. The van der Waals surface area contributed by atoms with Crippen molar-refractivity contribution in [2.24, 2.45) is 0 Å². The largest absolute Gasteiger partial charge is 0.480 e. The number of benzene rings is 1. The molecule has 0 saturated carbocycles. The lowest BCUT2D eigenvalue weighted by atomic mass is 10.0. The van der Waals surface area contributed by atoms with Crippen molar-refractivity contribution < 1.29 is 17.9 Å². The zero-order valence-corrected chi connectivity index (χ0v) is 19.7. The average molecular weight is 468 g/mol. The van der Waals surface area contributed by atoms with Crippen LogP contribution in [0.3, 0.4) is 0 Å². The Kier molecular flexibility index (Phi) is 6.10. The van der Waals surface area contributed by atoms with Gasteiger partial charge in [0.15, 0.2) is 0 Å². The fourth-order valence-corrected chi connectivity index (χ4v) is 4.73. The van der Waals surface area contributed by atoms with Gasteiger partial charge in [-0.25, -0.2) is 13.4 Å². The quantitative estimate of drug-likeness (QED) is 0.608. The van der Waals surface area contributed by atoms with Crippen LogP contribution in [0.5, 0.6) is 5.88 Å². The summed E-state index contributed by atoms with van der Waals surface area (Å²) in [5.41, 5.74) is 3.83. The van der Waals surface area contributed by atoms with Crippen molar-refractivity contribution in [1.82, 2.24) is 9.97 Å². The lowest BCUT2D eigenvalue weighted by Gasteiger charge is -2.37. The Morgan fingerprint density at radius 2 is 1.88 bits per heavy atom. The zero-order chi connectivity index (χ0) is 23.8. The predicted molar refractivity (Wildman–Crippen MR) is 127 cm³/mol. The molecule has 172 valence electrons. The summed E-state index contributed by atoms with van der Waals surface area (Å²) in [6.45, 7) is 5.36. The van der Waals surface area contributed by atoms with Crippen LogP contribution in [0.1, 0.15) is 19.4 Å². The molecule has 0 radical (unpaired) electrons. The van der Waals surface area contributed by atoms with Crippen LogP contribution in [0.4, 0.5) is 11.4 Å². The van der Waals surface area contributed by atoms with Crippen LogP contribution in [-0.2, 0) is 14.8 Å². The van der Waals surface area contributed by atoms with Crippen LogP contribution in [0.25, 0.3) is 22.0 Å². The van der Waals surface area contributed by atoms with Gasteiger partial charge in [-0.1, -0.05) is 6.07 Å². The smallest absolute Gasteiger partial charge is 0.238 e. The molecule has 1 fully saturated rings. The molecule has 1 aromatic carbocycles. The molecule has 3 heterocycles. The van der Waals surface area contributed by atoms with Crippen molar-refractivity contribution in [2.75, 3.05) is 36.1 Å². The van der Waals surface area contributed by atoms with Crippen molar-refractivity contribution in [3.63, 3.8) is 0 Å². The molecule has 0 spiro atoms. The van der Waals surface area contributed by atoms with Gasteiger partial charge in [-0.05, 0) is 37.6 Å². The van der Waals surface area contributed by atoms with E-state index in [0.29, 0.717) is 24.2 Å². The van der Waals surface area contributed by atoms with E-state index in [4.69, 9.17) is 9.47 Å². The number of sulfonamides is 1. The first-order chi connectivity index (χ1) is 15.7. The molecule has 0 amide bonds. The molecule has 10 heteroatoms. The van der Waals surface area contributed by atoms with Crippen LogP contribution in [0, 0.1) is 11.3 Å². The second kappa shape index (κ2) is 8.84. The Morgan fingerprint density at radius 1 is 1.15 bits per heavy atom. The van der Waals surface area contributed by atoms with Gasteiger partial charge in [-0.2, -0.15) is 5.26 Å². The highest BCUT2D eigenvalue weighted by atomic mass is 32.2. The lowest BCUT2D eigenvalue weighted by Crippen LogP contribution is -2.45. The number of aromatic nitrogens is 2. The SMILES string of the molecule is COc1ncc(-c2ccc3ncc(C#N)c(N4CC(C)O[C@@H](C)C4)c3c2)cc1NS(C)(=O)=O. The molecule has 4 rings (SSSR count). The van der Waals surface area contributed by atoms with Crippen molar-refractivity contribution in [3.05, 3.63) is 42.2 Å². The van der Waals surface area contributed by atoms with Gasteiger partial charge in [0.1, 0.15) is 11.8 Å². The molecular formula is C23H25N5O4S. The summed E-state index contributed by atoms with van der Waals surface area (Å²) in [6, 6.07) is 9.68. The first-order valence-corrected chi connectivity index (χ1v) is 12.3. The Bertz CT molecular complexity index is 1340. The molecule has 0 bridgehead atoms. The number of nitriles is 1. The van der Waals surface area contributed by atoms with Crippen LogP contribution >= 0.6 is 0 Å². The molecule has 3 aromatic rings. The summed E-state index contributed by atoms with van der Waals surface area (Å²) < 4.78 is 37.1. The maximum Gasteiger partial charge on any atom is 0.238 e. The maximum absolute atomic E-state index is 11.8. The average Bonchev–Trinajstić information content (AvgIpc) is 2.76. The first-order valence-electron chi connectivity index (χ1n) is 10.4. The molecular weight excluding hydrogens is 442 g/mol. The van der Waals surface area contributed by atoms with Crippen molar-refractivity contribution in [1.29, 1.82) is 5.26 Å². The van der Waals surface area contributed by atoms with Gasteiger partial charge in [-0.15, -0.1) is 0 Å². The molecule has 1 aliphatic heterocycles. The van der Waals surface area contributed by atoms with E-state index in [1.807, 2.05) is 32.0 Å². The topological polar surface area (TPSA) is 117 Å². The van der Waals surface area contributed by atoms with Gasteiger partial charge >= 0.3 is 0 Å². The Labute approximate surface area is 193 Å². The molecule has 0 aliphatic carbocycles. The van der Waals surface area contributed by atoms with Crippen LogP contribution < -0.4 is 14.4 Å². The number of hydrogen-bond acceptors (Lipinski definition) is 8. The van der Waals surface area contributed by atoms with Gasteiger partial charge in [0.25, 0.3) is 0 Å². The third-order valence-corrected chi connectivity index (χ3v) is 5.96. The van der Waals surface area contributed by atoms with E-state index in [0.717, 1.165) is 28.4 Å². The van der Waals surface area contributed by atoms with Crippen molar-refractivity contribution in [3.8, 4) is 23.1 Å². The Morgan fingerprint density at radius 3 is 2.52 bits per heavy atom. The summed E-state index contributed by atoms with van der Waals surface area (Å²) in [5.74, 6) is 0.176. The second-order valence-electron chi connectivity index (χ2n) is 8.18. The van der Waals surface area contributed by atoms with E-state index < -0.39 is 10.0 Å². The van der Waals surface area contributed by atoms with E-state index in [-0.39, 0.29) is 23.8 Å². The Balaban J connectivity index is 1.86. The number of rotatable bonds is 5. The summed E-state index contributed by atoms with van der Waals surface area (Å²) >= 11 is 0. The molecule has 2 aromatic heterocycles. The minimum absolute atomic E-state index is 0.0297. The van der Waals surface area contributed by atoms with Gasteiger partial charge in [0.05, 0.1) is 42.3 Å². The van der Waals surface area contributed by atoms with Crippen LogP contribution in [-0.4, -0.2) is 57.0 Å². The van der Waals surface area contributed by atoms with Crippen molar-refractivity contribution >= 4 is 32.3 Å². The van der Waals surface area contributed by atoms with E-state index >= 15 is 0 Å². The number of nitrogens with zero attached hydrogens (tertiary/aromatic N) is 4. The number of hydrogen-bond donors (Lipinski definition) is 1. The predicted octanol–water partition coefficient (Wildman–Crippen LogP) is 3.16. The normalized spacial score (nSPS) is 18.7. The number of pyridine rings is 2. The fraction of sp³-hybridized carbons (Fsp3) is 0.348. The standard InChI is InChI=1S/C23H25N5O4S/c1-14-12-28(13-15(2)32-14)22-18(9-24)11-25-20-6-5-16(7-19(20)22)17-8-21(27-33(4,29)30)23(31-3)26-10-17/h5-8,10-11,14-15,27H,12-13H2,1-4H3/t14-,15?/m0/s1. The minimum Gasteiger partial charge on any atom is -0.480 e. The monoisotopic (exact) mass is 467 g/mol. The number of nitrogens with one attached hydrogen (secondary N) is 1. The lowest BCUT2D eigenvalue weighted by molar-refractivity contribution is -0.00514. The first kappa shape index (κ1) is 22.8. The number of methoxy groups -OCH3 is 1. The molecule has 1 aliphatic rings.